The van der Waals surface area contributed by atoms with E-state index < -0.39 is 0 Å². The number of thiol groups is 1. The molecule has 15 heavy (non-hydrogen) atoms. The summed E-state index contributed by atoms with van der Waals surface area (Å²) in [5.74, 6) is 0. The van der Waals surface area contributed by atoms with Crippen LogP contribution in [0.1, 0.15) is 18.4 Å². The van der Waals surface area contributed by atoms with Gasteiger partial charge in [-0.15, -0.1) is 0 Å². The zero-order valence-corrected chi connectivity index (χ0v) is 9.63. The summed E-state index contributed by atoms with van der Waals surface area (Å²) in [4.78, 5) is 0. The predicted molar refractivity (Wildman–Crippen MR) is 66.6 cm³/mol. The molecule has 0 aliphatic carbocycles. The molecule has 3 rings (SSSR count). The number of rotatable bonds is 0. The van der Waals surface area contributed by atoms with Crippen molar-refractivity contribution >= 4 is 18.5 Å². The smallest absolute Gasteiger partial charge is 0.0506 e. The Balaban J connectivity index is 2.06. The summed E-state index contributed by atoms with van der Waals surface area (Å²) in [5.41, 5.74) is 3.17. The Morgan fingerprint density at radius 3 is 2.73 bits per heavy atom. The summed E-state index contributed by atoms with van der Waals surface area (Å²) in [7, 11) is 0. The fourth-order valence-electron chi connectivity index (χ4n) is 2.94. The van der Waals surface area contributed by atoms with E-state index in [9.17, 15) is 0 Å². The molecule has 80 valence electrons. The number of fused-ring (bicyclic) bond motifs is 2. The molecule has 0 radical (unpaired) electrons. The van der Waals surface area contributed by atoms with Crippen molar-refractivity contribution in [3.05, 3.63) is 29.8 Å². The number of nitrogens with zero attached hydrogens (tertiary/aromatic N) is 1. The van der Waals surface area contributed by atoms with E-state index in [-0.39, 0.29) is 0 Å². The molecule has 2 aliphatic rings. The molecule has 1 fully saturated rings. The molecule has 1 aromatic rings. The zero-order valence-electron chi connectivity index (χ0n) is 8.74. The molecule has 0 atom stereocenters. The van der Waals surface area contributed by atoms with Crippen LogP contribution >= 0.6 is 12.8 Å². The molecule has 1 aromatic carbocycles. The molecule has 2 nitrogen and oxygen atoms in total. The van der Waals surface area contributed by atoms with Gasteiger partial charge in [-0.3, -0.25) is 0 Å². The maximum Gasteiger partial charge on any atom is 0.0506 e. The third-order valence-corrected chi connectivity index (χ3v) is 4.12. The lowest BCUT2D eigenvalue weighted by Gasteiger charge is -2.34. The van der Waals surface area contributed by atoms with Gasteiger partial charge in [0, 0.05) is 12.0 Å². The van der Waals surface area contributed by atoms with Gasteiger partial charge in [0.25, 0.3) is 0 Å². The molecule has 3 heteroatoms. The highest BCUT2D eigenvalue weighted by atomic mass is 32.1. The van der Waals surface area contributed by atoms with Crippen molar-refractivity contribution in [1.82, 2.24) is 5.32 Å². The fraction of sp³-hybridized carbons (Fsp3) is 0.500. The minimum atomic E-state index is 0.365. The van der Waals surface area contributed by atoms with Crippen molar-refractivity contribution in [2.75, 3.05) is 23.9 Å². The van der Waals surface area contributed by atoms with Crippen LogP contribution in [0.2, 0.25) is 0 Å². The van der Waals surface area contributed by atoms with Crippen LogP contribution in [0.25, 0.3) is 0 Å². The van der Waals surface area contributed by atoms with Crippen LogP contribution in [0.3, 0.4) is 0 Å². The second kappa shape index (κ2) is 3.42. The van der Waals surface area contributed by atoms with E-state index in [2.05, 4.69) is 46.7 Å². The van der Waals surface area contributed by atoms with Crippen LogP contribution in [-0.4, -0.2) is 19.6 Å². The van der Waals surface area contributed by atoms with Gasteiger partial charge in [-0.05, 0) is 37.6 Å². The Labute approximate surface area is 96.2 Å². The number of anilines is 1. The zero-order chi connectivity index (χ0) is 10.3. The van der Waals surface area contributed by atoms with Crippen LogP contribution in [0, 0.1) is 0 Å². The number of hydrogen-bond donors (Lipinski definition) is 2. The Bertz CT molecular complexity index is 372. The molecule has 2 heterocycles. The molecule has 0 amide bonds. The Morgan fingerprint density at radius 1 is 1.20 bits per heavy atom. The van der Waals surface area contributed by atoms with Gasteiger partial charge < -0.3 is 9.62 Å². The summed E-state index contributed by atoms with van der Waals surface area (Å²) < 4.78 is 2.11. The maximum absolute atomic E-state index is 4.57. The highest BCUT2D eigenvalue weighted by molar-refractivity contribution is 7.81. The third-order valence-electron chi connectivity index (χ3n) is 3.77. The number of piperidine rings is 1. The van der Waals surface area contributed by atoms with Crippen molar-refractivity contribution in [3.8, 4) is 0 Å². The van der Waals surface area contributed by atoms with Crippen LogP contribution in [0.15, 0.2) is 24.3 Å². The summed E-state index contributed by atoms with van der Waals surface area (Å²) in [6.45, 7) is 3.34. The van der Waals surface area contributed by atoms with E-state index in [4.69, 9.17) is 0 Å². The third kappa shape index (κ3) is 1.37. The first-order valence-corrected chi connectivity index (χ1v) is 5.98. The molecule has 2 aliphatic heterocycles. The molecular formula is C12H16N2S. The average Bonchev–Trinajstić information content (AvgIpc) is 2.55. The van der Waals surface area contributed by atoms with Crippen LogP contribution < -0.4 is 9.62 Å². The van der Waals surface area contributed by atoms with Gasteiger partial charge in [-0.25, -0.2) is 0 Å². The predicted octanol–water partition coefficient (Wildman–Crippen LogP) is 1.97. The summed E-state index contributed by atoms with van der Waals surface area (Å²) >= 11 is 4.57. The summed E-state index contributed by atoms with van der Waals surface area (Å²) in [5, 5.41) is 3.44. The van der Waals surface area contributed by atoms with Crippen molar-refractivity contribution in [2.45, 2.75) is 18.3 Å². The average molecular weight is 220 g/mol. The summed E-state index contributed by atoms with van der Waals surface area (Å²) in [6, 6.07) is 8.70. The number of para-hydroxylation sites is 1. The summed E-state index contributed by atoms with van der Waals surface area (Å²) in [6.07, 6.45) is 2.47. The molecule has 0 bridgehead atoms. The first-order valence-electron chi connectivity index (χ1n) is 5.58. The lowest BCUT2D eigenvalue weighted by atomic mass is 9.75. The fourth-order valence-corrected chi connectivity index (χ4v) is 3.38. The van der Waals surface area contributed by atoms with E-state index >= 15 is 0 Å². The van der Waals surface area contributed by atoms with E-state index in [0.29, 0.717) is 5.41 Å². The normalized spacial score (nSPS) is 23.1. The van der Waals surface area contributed by atoms with Crippen LogP contribution in [0.4, 0.5) is 5.69 Å². The molecule has 0 unspecified atom stereocenters. The van der Waals surface area contributed by atoms with Gasteiger partial charge in [0.05, 0.1) is 5.69 Å². The van der Waals surface area contributed by atoms with Crippen molar-refractivity contribution in [3.63, 3.8) is 0 Å². The molecular weight excluding hydrogens is 204 g/mol. The Hall–Kier alpha value is -0.670. The monoisotopic (exact) mass is 220 g/mol. The Morgan fingerprint density at radius 2 is 1.93 bits per heavy atom. The van der Waals surface area contributed by atoms with E-state index in [1.165, 1.54) is 24.1 Å². The number of hydrogen-bond acceptors (Lipinski definition) is 3. The second-order valence-corrected chi connectivity index (χ2v) is 5.09. The van der Waals surface area contributed by atoms with Gasteiger partial charge in [0.2, 0.25) is 0 Å². The molecule has 1 N–H and O–H groups in total. The van der Waals surface area contributed by atoms with Gasteiger partial charge in [0.15, 0.2) is 0 Å². The highest BCUT2D eigenvalue weighted by Gasteiger charge is 2.42. The number of benzene rings is 1. The van der Waals surface area contributed by atoms with E-state index in [0.717, 1.165) is 19.6 Å². The van der Waals surface area contributed by atoms with Crippen LogP contribution in [-0.2, 0) is 5.41 Å². The van der Waals surface area contributed by atoms with Crippen molar-refractivity contribution in [1.29, 1.82) is 0 Å². The lowest BCUT2D eigenvalue weighted by Crippen LogP contribution is -2.41. The first-order chi connectivity index (χ1) is 7.32. The van der Waals surface area contributed by atoms with Gasteiger partial charge >= 0.3 is 0 Å². The molecule has 0 aromatic heterocycles. The molecule has 1 spiro atoms. The lowest BCUT2D eigenvalue weighted by molar-refractivity contribution is 0.332. The molecule has 1 saturated heterocycles. The van der Waals surface area contributed by atoms with Crippen molar-refractivity contribution < 1.29 is 0 Å². The minimum absolute atomic E-state index is 0.365. The quantitative estimate of drug-likeness (QED) is 0.650. The van der Waals surface area contributed by atoms with Crippen LogP contribution in [0.5, 0.6) is 0 Å². The minimum Gasteiger partial charge on any atom is -0.318 e. The van der Waals surface area contributed by atoms with E-state index in [1.807, 2.05) is 0 Å². The highest BCUT2D eigenvalue weighted by Crippen LogP contribution is 2.46. The largest absolute Gasteiger partial charge is 0.318 e. The maximum atomic E-state index is 4.57. The standard InChI is InChI=1S/C12H16N2S/c15-14-9-12(5-7-13-8-6-12)10-3-1-2-4-11(10)14/h1-4,13,15H,5-9H2. The van der Waals surface area contributed by atoms with E-state index in [1.54, 1.807) is 0 Å². The van der Waals surface area contributed by atoms with Crippen molar-refractivity contribution in [2.24, 2.45) is 0 Å². The Kier molecular flexibility index (Phi) is 2.18. The van der Waals surface area contributed by atoms with Gasteiger partial charge in [0.1, 0.15) is 0 Å². The number of nitrogens with one attached hydrogen (secondary N) is 1. The molecule has 0 saturated carbocycles. The SMILES string of the molecule is SN1CC2(CCNCC2)c2ccccc21. The first kappa shape index (κ1) is 9.55. The van der Waals surface area contributed by atoms with Gasteiger partial charge in [-0.2, -0.15) is 0 Å². The van der Waals surface area contributed by atoms with Gasteiger partial charge in [-0.1, -0.05) is 31.0 Å². The topological polar surface area (TPSA) is 15.3 Å². The second-order valence-electron chi connectivity index (χ2n) is 4.61.